The summed E-state index contributed by atoms with van der Waals surface area (Å²) in [4.78, 5) is 25.1. The SMILES string of the molecule is CCCC(C)NC(=O)/C(=C/c1ccco1)NC(=O)c1ccc(OC)cc1. The molecule has 138 valence electrons. The first kappa shape index (κ1) is 19.3. The van der Waals surface area contributed by atoms with Crippen LogP contribution in [0.3, 0.4) is 0 Å². The number of nitrogens with one attached hydrogen (secondary N) is 2. The number of furan rings is 1. The largest absolute Gasteiger partial charge is 0.497 e. The van der Waals surface area contributed by atoms with Crippen LogP contribution in [0.25, 0.3) is 6.08 Å². The molecule has 2 amide bonds. The van der Waals surface area contributed by atoms with Crippen LogP contribution in [0.4, 0.5) is 0 Å². The van der Waals surface area contributed by atoms with Crippen LogP contribution in [0.15, 0.2) is 52.8 Å². The molecule has 2 N–H and O–H groups in total. The van der Waals surface area contributed by atoms with Crippen LogP contribution < -0.4 is 15.4 Å². The van der Waals surface area contributed by atoms with Crippen LogP contribution in [-0.2, 0) is 4.79 Å². The highest BCUT2D eigenvalue weighted by Crippen LogP contribution is 2.12. The molecule has 0 spiro atoms. The summed E-state index contributed by atoms with van der Waals surface area (Å²) in [5.41, 5.74) is 0.550. The van der Waals surface area contributed by atoms with Gasteiger partial charge in [0, 0.05) is 17.7 Å². The van der Waals surface area contributed by atoms with Crippen molar-refractivity contribution in [2.24, 2.45) is 0 Å². The predicted octanol–water partition coefficient (Wildman–Crippen LogP) is 3.36. The minimum Gasteiger partial charge on any atom is -0.497 e. The van der Waals surface area contributed by atoms with Crippen molar-refractivity contribution in [2.45, 2.75) is 32.7 Å². The van der Waals surface area contributed by atoms with Gasteiger partial charge >= 0.3 is 0 Å². The van der Waals surface area contributed by atoms with Crippen LogP contribution in [0.5, 0.6) is 5.75 Å². The van der Waals surface area contributed by atoms with Crippen molar-refractivity contribution in [3.63, 3.8) is 0 Å². The van der Waals surface area contributed by atoms with Crippen molar-refractivity contribution >= 4 is 17.9 Å². The summed E-state index contributed by atoms with van der Waals surface area (Å²) in [5, 5.41) is 5.55. The van der Waals surface area contributed by atoms with E-state index in [4.69, 9.17) is 9.15 Å². The maximum Gasteiger partial charge on any atom is 0.268 e. The monoisotopic (exact) mass is 356 g/mol. The zero-order chi connectivity index (χ0) is 18.9. The standard InChI is InChI=1S/C20H24N2O4/c1-4-6-14(2)21-20(24)18(13-17-7-5-12-26-17)22-19(23)15-8-10-16(25-3)11-9-15/h5,7-14H,4,6H2,1-3H3,(H,21,24)(H,22,23)/b18-13-. The maximum atomic E-state index is 12.6. The molecule has 0 aliphatic carbocycles. The van der Waals surface area contributed by atoms with Gasteiger partial charge in [0.05, 0.1) is 13.4 Å². The molecule has 2 rings (SSSR count). The van der Waals surface area contributed by atoms with Gasteiger partial charge in [-0.25, -0.2) is 0 Å². The van der Waals surface area contributed by atoms with Gasteiger partial charge in [-0.2, -0.15) is 0 Å². The van der Waals surface area contributed by atoms with Gasteiger partial charge in [-0.1, -0.05) is 13.3 Å². The molecule has 0 radical (unpaired) electrons. The molecular weight excluding hydrogens is 332 g/mol. The second-order valence-electron chi connectivity index (χ2n) is 5.92. The molecule has 1 atom stereocenters. The summed E-state index contributed by atoms with van der Waals surface area (Å²) >= 11 is 0. The number of hydrogen-bond acceptors (Lipinski definition) is 4. The molecule has 1 heterocycles. The predicted molar refractivity (Wildman–Crippen MR) is 99.7 cm³/mol. The fourth-order valence-corrected chi connectivity index (χ4v) is 2.42. The van der Waals surface area contributed by atoms with E-state index in [-0.39, 0.29) is 23.6 Å². The number of amides is 2. The molecule has 1 aromatic heterocycles. The number of benzene rings is 1. The Morgan fingerprint density at radius 1 is 1.23 bits per heavy atom. The Bertz CT molecular complexity index is 749. The van der Waals surface area contributed by atoms with E-state index >= 15 is 0 Å². The zero-order valence-electron chi connectivity index (χ0n) is 15.2. The lowest BCUT2D eigenvalue weighted by molar-refractivity contribution is -0.118. The number of methoxy groups -OCH3 is 1. The van der Waals surface area contributed by atoms with E-state index in [1.54, 1.807) is 43.5 Å². The minimum atomic E-state index is -0.385. The van der Waals surface area contributed by atoms with Crippen LogP contribution in [0, 0.1) is 0 Å². The Labute approximate surface area is 153 Å². The molecule has 26 heavy (non-hydrogen) atoms. The molecule has 1 aromatic carbocycles. The first-order chi connectivity index (χ1) is 12.5. The van der Waals surface area contributed by atoms with Gasteiger partial charge in [0.25, 0.3) is 11.8 Å². The van der Waals surface area contributed by atoms with Crippen LogP contribution in [-0.4, -0.2) is 25.0 Å². The van der Waals surface area contributed by atoms with Gasteiger partial charge in [0.1, 0.15) is 17.2 Å². The van der Waals surface area contributed by atoms with Crippen molar-refractivity contribution in [2.75, 3.05) is 7.11 Å². The fourth-order valence-electron chi connectivity index (χ4n) is 2.42. The molecule has 6 heteroatoms. The number of ether oxygens (including phenoxy) is 1. The van der Waals surface area contributed by atoms with Crippen LogP contribution in [0.1, 0.15) is 42.8 Å². The quantitative estimate of drug-likeness (QED) is 0.711. The van der Waals surface area contributed by atoms with Gasteiger partial charge in [0.15, 0.2) is 0 Å². The normalized spacial score (nSPS) is 12.3. The summed E-state index contributed by atoms with van der Waals surface area (Å²) in [7, 11) is 1.56. The number of carbonyl (C=O) groups is 2. The Balaban J connectivity index is 2.17. The van der Waals surface area contributed by atoms with Gasteiger partial charge in [-0.15, -0.1) is 0 Å². The molecule has 0 saturated carbocycles. The highest BCUT2D eigenvalue weighted by atomic mass is 16.5. The average Bonchev–Trinajstić information content (AvgIpc) is 3.14. The lowest BCUT2D eigenvalue weighted by Gasteiger charge is -2.15. The van der Waals surface area contributed by atoms with Gasteiger partial charge < -0.3 is 19.8 Å². The molecule has 0 bridgehead atoms. The van der Waals surface area contributed by atoms with Crippen molar-refractivity contribution in [3.8, 4) is 5.75 Å². The first-order valence-corrected chi connectivity index (χ1v) is 8.55. The Hall–Kier alpha value is -3.02. The topological polar surface area (TPSA) is 80.6 Å². The molecule has 0 saturated heterocycles. The third kappa shape index (κ3) is 5.51. The Kier molecular flexibility index (Phi) is 7.02. The minimum absolute atomic E-state index is 0.00499. The summed E-state index contributed by atoms with van der Waals surface area (Å²) in [6.07, 6.45) is 4.82. The first-order valence-electron chi connectivity index (χ1n) is 8.55. The highest BCUT2D eigenvalue weighted by Gasteiger charge is 2.17. The molecule has 6 nitrogen and oxygen atoms in total. The number of rotatable bonds is 8. The summed E-state index contributed by atoms with van der Waals surface area (Å²) in [6.45, 7) is 3.98. The molecule has 2 aromatic rings. The van der Waals surface area contributed by atoms with Crippen LogP contribution >= 0.6 is 0 Å². The fraction of sp³-hybridized carbons (Fsp3) is 0.300. The Morgan fingerprint density at radius 3 is 2.54 bits per heavy atom. The number of hydrogen-bond donors (Lipinski definition) is 2. The van der Waals surface area contributed by atoms with E-state index in [1.807, 2.05) is 13.8 Å². The van der Waals surface area contributed by atoms with Gasteiger partial charge in [-0.05, 0) is 49.7 Å². The molecular formula is C20H24N2O4. The van der Waals surface area contributed by atoms with E-state index in [1.165, 1.54) is 12.3 Å². The molecule has 0 fully saturated rings. The average molecular weight is 356 g/mol. The van der Waals surface area contributed by atoms with Crippen molar-refractivity contribution in [3.05, 3.63) is 59.7 Å². The molecule has 1 unspecified atom stereocenters. The van der Waals surface area contributed by atoms with E-state index in [0.29, 0.717) is 17.1 Å². The van der Waals surface area contributed by atoms with Crippen LogP contribution in [0.2, 0.25) is 0 Å². The van der Waals surface area contributed by atoms with Gasteiger partial charge in [0.2, 0.25) is 0 Å². The zero-order valence-corrected chi connectivity index (χ0v) is 15.2. The summed E-state index contributed by atoms with van der Waals surface area (Å²) in [6, 6.07) is 10.1. The molecule has 0 aliphatic heterocycles. The lowest BCUT2D eigenvalue weighted by atomic mass is 10.1. The smallest absolute Gasteiger partial charge is 0.268 e. The summed E-state index contributed by atoms with van der Waals surface area (Å²) < 4.78 is 10.3. The highest BCUT2D eigenvalue weighted by molar-refractivity contribution is 6.05. The van der Waals surface area contributed by atoms with Crippen molar-refractivity contribution in [1.29, 1.82) is 0 Å². The maximum absolute atomic E-state index is 12.6. The third-order valence-corrected chi connectivity index (χ3v) is 3.77. The van der Waals surface area contributed by atoms with E-state index in [2.05, 4.69) is 10.6 Å². The second kappa shape index (κ2) is 9.46. The van der Waals surface area contributed by atoms with Crippen molar-refractivity contribution < 1.29 is 18.7 Å². The molecule has 0 aliphatic rings. The van der Waals surface area contributed by atoms with E-state index in [9.17, 15) is 9.59 Å². The third-order valence-electron chi connectivity index (χ3n) is 3.77. The summed E-state index contributed by atoms with van der Waals surface area (Å²) in [5.74, 6) is 0.389. The van der Waals surface area contributed by atoms with Gasteiger partial charge in [-0.3, -0.25) is 9.59 Å². The van der Waals surface area contributed by atoms with E-state index < -0.39 is 0 Å². The lowest BCUT2D eigenvalue weighted by Crippen LogP contribution is -2.39. The van der Waals surface area contributed by atoms with E-state index in [0.717, 1.165) is 12.8 Å². The van der Waals surface area contributed by atoms with Crippen molar-refractivity contribution in [1.82, 2.24) is 10.6 Å². The Morgan fingerprint density at radius 2 is 1.96 bits per heavy atom. The second-order valence-corrected chi connectivity index (χ2v) is 5.92. The number of carbonyl (C=O) groups excluding carboxylic acids is 2.